The SMILES string of the molecule is CC(=O)NCC[C@H](NC(=O)c1c(C)nc(-c2ccc(OC3CCCCC3)cc2)nc1C)C(=O)N(C)[C@@H]1C(=O)N[C@@H](C)C(=O)N[C@H](C(=O)NCC#N)Cc2ccc(OCCNC(=O)OC(C)(C)C)c(c2)-c2cc1ccc2OCCNC(=O)OC(C)(C)C. The normalized spacial score (nSPS) is 16.7. The van der Waals surface area contributed by atoms with Crippen LogP contribution in [0.3, 0.4) is 0 Å². The monoisotopic (exact) mass is 1190 g/mol. The molecule has 1 aliphatic heterocycles. The second-order valence-corrected chi connectivity index (χ2v) is 23.2. The highest BCUT2D eigenvalue weighted by atomic mass is 16.6. The third kappa shape index (κ3) is 19.5. The molecule has 0 saturated heterocycles. The number of nitriles is 1. The molecule has 2 aliphatic rings. The first-order valence-electron chi connectivity index (χ1n) is 28.9. The molecule has 1 saturated carbocycles. The van der Waals surface area contributed by atoms with E-state index in [2.05, 4.69) is 37.2 Å². The van der Waals surface area contributed by atoms with E-state index in [-0.39, 0.29) is 81.0 Å². The highest BCUT2D eigenvalue weighted by molar-refractivity contribution is 6.00. The summed E-state index contributed by atoms with van der Waals surface area (Å²) in [6.45, 7) is 15.7. The Labute approximate surface area is 501 Å². The summed E-state index contributed by atoms with van der Waals surface area (Å²) in [7, 11) is 1.35. The lowest BCUT2D eigenvalue weighted by Gasteiger charge is -2.33. The molecule has 1 aromatic heterocycles. The fraction of sp³-hybridized carbons (Fsp3) is 0.500. The van der Waals surface area contributed by atoms with Gasteiger partial charge in [0.1, 0.15) is 72.4 Å². The quantitative estimate of drug-likeness (QED) is 0.0397. The minimum atomic E-state index is -1.58. The molecule has 462 valence electrons. The highest BCUT2D eigenvalue weighted by Gasteiger charge is 2.37. The average Bonchev–Trinajstić information content (AvgIpc) is 1.02. The first-order valence-corrected chi connectivity index (χ1v) is 28.9. The van der Waals surface area contributed by atoms with Gasteiger partial charge in [0.15, 0.2) is 5.82 Å². The van der Waals surface area contributed by atoms with Crippen LogP contribution in [0.1, 0.15) is 133 Å². The Balaban J connectivity index is 1.41. The Bertz CT molecular complexity index is 3120. The van der Waals surface area contributed by atoms with E-state index in [0.29, 0.717) is 39.5 Å². The molecule has 4 atom stereocenters. The number of nitrogens with one attached hydrogen (secondary N) is 7. The first-order chi connectivity index (χ1) is 40.7. The van der Waals surface area contributed by atoms with Gasteiger partial charge < -0.3 is 65.8 Å². The molecule has 0 spiro atoms. The number of fused-ring (bicyclic) bond motifs is 5. The molecule has 1 aliphatic carbocycles. The minimum Gasteiger partial charge on any atom is -0.491 e. The maximum atomic E-state index is 15.3. The molecule has 1 fully saturated rings. The highest BCUT2D eigenvalue weighted by Crippen LogP contribution is 2.40. The van der Waals surface area contributed by atoms with Gasteiger partial charge in [-0.15, -0.1) is 0 Å². The van der Waals surface area contributed by atoms with Gasteiger partial charge in [-0.1, -0.05) is 18.6 Å². The van der Waals surface area contributed by atoms with Crippen molar-refractivity contribution < 1.29 is 62.0 Å². The summed E-state index contributed by atoms with van der Waals surface area (Å²) in [5.41, 5.74) is 1.19. The second kappa shape index (κ2) is 30.2. The summed E-state index contributed by atoms with van der Waals surface area (Å²) in [5.74, 6) is -2.67. The van der Waals surface area contributed by atoms with Gasteiger partial charge in [-0.25, -0.2) is 19.6 Å². The van der Waals surface area contributed by atoms with Gasteiger partial charge >= 0.3 is 12.2 Å². The Morgan fingerprint density at radius 1 is 0.744 bits per heavy atom. The van der Waals surface area contributed by atoms with E-state index < -0.39 is 83.0 Å². The van der Waals surface area contributed by atoms with Crippen molar-refractivity contribution in [3.63, 3.8) is 0 Å². The fourth-order valence-corrected chi connectivity index (χ4v) is 9.74. The third-order valence-corrected chi connectivity index (χ3v) is 13.7. The number of hydrogen-bond donors (Lipinski definition) is 7. The number of amides is 8. The Hall–Kier alpha value is -9.01. The zero-order chi connectivity index (χ0) is 62.9. The van der Waals surface area contributed by atoms with Crippen LogP contribution in [0.5, 0.6) is 17.2 Å². The van der Waals surface area contributed by atoms with Gasteiger partial charge in [0.05, 0.1) is 42.2 Å². The van der Waals surface area contributed by atoms with Crippen LogP contribution in [0.15, 0.2) is 60.7 Å². The summed E-state index contributed by atoms with van der Waals surface area (Å²) in [6, 6.07) is 13.4. The number of aromatic nitrogens is 2. The van der Waals surface area contributed by atoms with Gasteiger partial charge in [-0.3, -0.25) is 28.8 Å². The van der Waals surface area contributed by atoms with Gasteiger partial charge in [-0.05, 0) is 154 Å². The van der Waals surface area contributed by atoms with Crippen LogP contribution in [0.4, 0.5) is 9.59 Å². The molecule has 3 aromatic carbocycles. The van der Waals surface area contributed by atoms with E-state index in [4.69, 9.17) is 33.7 Å². The molecule has 4 bridgehead atoms. The zero-order valence-corrected chi connectivity index (χ0v) is 50.9. The van der Waals surface area contributed by atoms with E-state index in [1.165, 1.54) is 27.3 Å². The molecular weight excluding hydrogens is 1110 g/mol. The number of hydrogen-bond acceptors (Lipinski definition) is 16. The summed E-state index contributed by atoms with van der Waals surface area (Å²) in [6.07, 6.45) is 4.03. The number of nitrogens with zero attached hydrogens (tertiary/aromatic N) is 4. The van der Waals surface area contributed by atoms with Gasteiger partial charge in [0.2, 0.25) is 29.5 Å². The van der Waals surface area contributed by atoms with E-state index in [0.717, 1.165) is 36.3 Å². The van der Waals surface area contributed by atoms with Gasteiger partial charge in [-0.2, -0.15) is 5.26 Å². The summed E-state index contributed by atoms with van der Waals surface area (Å²) in [4.78, 5) is 121. The van der Waals surface area contributed by atoms with E-state index >= 15 is 9.59 Å². The van der Waals surface area contributed by atoms with E-state index in [1.54, 1.807) is 91.8 Å². The van der Waals surface area contributed by atoms with Crippen molar-refractivity contribution in [3.05, 3.63) is 88.7 Å². The molecule has 2 heterocycles. The van der Waals surface area contributed by atoms with Crippen molar-refractivity contribution in [1.29, 1.82) is 5.26 Å². The van der Waals surface area contributed by atoms with Crippen LogP contribution < -0.4 is 51.4 Å². The second-order valence-electron chi connectivity index (χ2n) is 23.2. The van der Waals surface area contributed by atoms with Crippen molar-refractivity contribution in [2.75, 3.05) is 46.4 Å². The Kier molecular flexibility index (Phi) is 23.2. The largest absolute Gasteiger partial charge is 0.491 e. The van der Waals surface area contributed by atoms with E-state index in [1.807, 2.05) is 30.3 Å². The molecular formula is C62H81N11O13. The predicted molar refractivity (Wildman–Crippen MR) is 318 cm³/mol. The zero-order valence-electron chi connectivity index (χ0n) is 50.9. The molecule has 0 radical (unpaired) electrons. The fourth-order valence-electron chi connectivity index (χ4n) is 9.74. The maximum absolute atomic E-state index is 15.3. The van der Waals surface area contributed by atoms with Crippen LogP contribution in [-0.2, 0) is 39.9 Å². The molecule has 86 heavy (non-hydrogen) atoms. The van der Waals surface area contributed by atoms with Crippen molar-refractivity contribution in [2.45, 2.75) is 156 Å². The topological polar surface area (TPSA) is 320 Å². The summed E-state index contributed by atoms with van der Waals surface area (Å²) >= 11 is 0. The molecule has 8 amide bonds. The standard InChI is InChI=1S/C62H81N11O13/c1-36-51(37(2)69-53(68-36)41-18-21-44(22-19-41)84-43-15-13-12-14-16-43)56(77)71-47(25-27-64-39(4)74)58(79)73(11)52-42-20-24-50(83-32-30-67-60(81)86-62(8,9)10)46(35-42)45-33-40(17-23-49(45)82-31-29-66-59(80)85-61(5,6)7)34-48(55(76)65-28-26-63)72-54(75)38(3)70-57(52)78/h17-24,33,35,38,43,47-48,52H,12-16,25,27-32,34H2,1-11H3,(H,64,74)(H,65,76)(H,66,80)(H,67,81)(H,70,78)(H,71,77)(H,72,75)/t38-,47-,48-,52-/m0/s1. The number of alkyl carbamates (subject to hydrolysis) is 2. The van der Waals surface area contributed by atoms with Crippen molar-refractivity contribution in [2.24, 2.45) is 0 Å². The van der Waals surface area contributed by atoms with Crippen molar-refractivity contribution in [1.82, 2.24) is 52.1 Å². The number of carbonyl (C=O) groups excluding carboxylic acids is 8. The molecule has 6 rings (SSSR count). The predicted octanol–water partition coefficient (Wildman–Crippen LogP) is 5.96. The van der Waals surface area contributed by atoms with Crippen LogP contribution in [-0.4, -0.2) is 144 Å². The molecule has 7 N–H and O–H groups in total. The number of aryl methyl sites for hydroxylation is 2. The van der Waals surface area contributed by atoms with Gasteiger partial charge in [0.25, 0.3) is 5.91 Å². The van der Waals surface area contributed by atoms with Crippen molar-refractivity contribution >= 4 is 47.6 Å². The first kappa shape index (κ1) is 66.1. The molecule has 24 heteroatoms. The maximum Gasteiger partial charge on any atom is 0.407 e. The Morgan fingerprint density at radius 3 is 1.90 bits per heavy atom. The number of carbonyl (C=O) groups is 8. The van der Waals surface area contributed by atoms with Crippen molar-refractivity contribution in [3.8, 4) is 45.8 Å². The number of rotatable bonds is 20. The number of benzene rings is 3. The lowest BCUT2D eigenvalue weighted by Crippen LogP contribution is -2.56. The minimum absolute atomic E-state index is 0.00167. The lowest BCUT2D eigenvalue weighted by atomic mass is 9.93. The average molecular weight is 1190 g/mol. The van der Waals surface area contributed by atoms with Crippen LogP contribution in [0.2, 0.25) is 0 Å². The molecule has 24 nitrogen and oxygen atoms in total. The van der Waals surface area contributed by atoms with E-state index in [9.17, 15) is 34.0 Å². The number of likely N-dealkylation sites (N-methyl/N-ethyl adjacent to an activating group) is 1. The lowest BCUT2D eigenvalue weighted by molar-refractivity contribution is -0.141. The van der Waals surface area contributed by atoms with Crippen LogP contribution in [0.25, 0.3) is 22.5 Å². The van der Waals surface area contributed by atoms with Crippen LogP contribution in [0, 0.1) is 25.2 Å². The molecule has 4 aromatic rings. The summed E-state index contributed by atoms with van der Waals surface area (Å²) in [5, 5.41) is 28.1. The van der Waals surface area contributed by atoms with Crippen LogP contribution >= 0.6 is 0 Å². The smallest absolute Gasteiger partial charge is 0.407 e. The Morgan fingerprint density at radius 2 is 1.33 bits per heavy atom. The van der Waals surface area contributed by atoms with Gasteiger partial charge in [0, 0.05) is 43.6 Å². The molecule has 0 unspecified atom stereocenters. The number of ether oxygens (including phenoxy) is 5. The third-order valence-electron chi connectivity index (χ3n) is 13.7. The summed E-state index contributed by atoms with van der Waals surface area (Å²) < 4.78 is 29.7.